The summed E-state index contributed by atoms with van der Waals surface area (Å²) >= 11 is 0. The van der Waals surface area contributed by atoms with Crippen molar-refractivity contribution in [1.82, 2.24) is 9.29 Å². The molecule has 0 radical (unpaired) electrons. The van der Waals surface area contributed by atoms with Crippen molar-refractivity contribution in [3.8, 4) is 0 Å². The summed E-state index contributed by atoms with van der Waals surface area (Å²) in [4.78, 5) is 7.10. The predicted molar refractivity (Wildman–Crippen MR) is 96.1 cm³/mol. The second kappa shape index (κ2) is 7.21. The Morgan fingerprint density at radius 1 is 1.00 bits per heavy atom. The molecule has 3 fully saturated rings. The van der Waals surface area contributed by atoms with Crippen LogP contribution in [0.2, 0.25) is 0 Å². The summed E-state index contributed by atoms with van der Waals surface area (Å²) < 4.78 is 32.1. The van der Waals surface area contributed by atoms with Crippen LogP contribution in [-0.4, -0.2) is 57.1 Å². The lowest BCUT2D eigenvalue weighted by Crippen LogP contribution is -2.42. The minimum Gasteiger partial charge on any atom is -0.379 e. The van der Waals surface area contributed by atoms with Crippen molar-refractivity contribution in [1.29, 1.82) is 0 Å². The maximum absolute atomic E-state index is 12.7. The van der Waals surface area contributed by atoms with Crippen LogP contribution in [0.15, 0.2) is 23.2 Å². The molecule has 1 aromatic rings. The van der Waals surface area contributed by atoms with Crippen molar-refractivity contribution < 1.29 is 13.2 Å². The maximum atomic E-state index is 12.7. The fourth-order valence-electron chi connectivity index (χ4n) is 4.46. The van der Waals surface area contributed by atoms with E-state index in [0.29, 0.717) is 26.3 Å². The first-order valence-electron chi connectivity index (χ1n) is 9.43. The zero-order chi connectivity index (χ0) is 17.3. The number of aromatic nitrogens is 1. The van der Waals surface area contributed by atoms with Crippen molar-refractivity contribution in [3.63, 3.8) is 0 Å². The Hall–Kier alpha value is -1.18. The fourth-order valence-corrected chi connectivity index (χ4v) is 5.81. The quantitative estimate of drug-likeness (QED) is 0.821. The summed E-state index contributed by atoms with van der Waals surface area (Å²) in [5.74, 6) is 2.57. The van der Waals surface area contributed by atoms with E-state index in [0.717, 1.165) is 30.7 Å². The molecule has 0 aromatic carbocycles. The van der Waals surface area contributed by atoms with Gasteiger partial charge >= 0.3 is 0 Å². The van der Waals surface area contributed by atoms with Crippen molar-refractivity contribution in [2.45, 2.75) is 37.0 Å². The number of anilines is 1. The first kappa shape index (κ1) is 17.2. The molecule has 3 aliphatic rings. The Labute approximate surface area is 150 Å². The summed E-state index contributed by atoms with van der Waals surface area (Å²) in [5, 5.41) is 0. The zero-order valence-electron chi connectivity index (χ0n) is 14.6. The van der Waals surface area contributed by atoms with Crippen molar-refractivity contribution in [2.24, 2.45) is 11.8 Å². The number of sulfonamides is 1. The largest absolute Gasteiger partial charge is 0.379 e. The number of hydrogen-bond donors (Lipinski definition) is 0. The molecule has 138 valence electrons. The Morgan fingerprint density at radius 3 is 2.48 bits per heavy atom. The number of pyridine rings is 1. The minimum absolute atomic E-state index is 0.283. The van der Waals surface area contributed by atoms with Crippen LogP contribution in [-0.2, 0) is 14.8 Å². The molecule has 1 aromatic heterocycles. The van der Waals surface area contributed by atoms with Crippen LogP contribution in [0.1, 0.15) is 32.1 Å². The summed E-state index contributed by atoms with van der Waals surface area (Å²) in [6.07, 6.45) is 8.19. The lowest BCUT2D eigenvalue weighted by Gasteiger charge is -2.41. The van der Waals surface area contributed by atoms with Gasteiger partial charge in [0.2, 0.25) is 10.0 Å². The van der Waals surface area contributed by atoms with Crippen LogP contribution in [0.3, 0.4) is 0 Å². The molecule has 0 bridgehead atoms. The molecule has 25 heavy (non-hydrogen) atoms. The first-order valence-corrected chi connectivity index (χ1v) is 10.9. The SMILES string of the molecule is O=S(=O)(c1ccc(N2CC[C@H]3CCCC[C@@H]3C2)nc1)N1CCOCC1. The molecule has 0 N–H and O–H groups in total. The monoisotopic (exact) mass is 365 g/mol. The number of hydrogen-bond acceptors (Lipinski definition) is 5. The van der Waals surface area contributed by atoms with Gasteiger partial charge in [-0.2, -0.15) is 4.31 Å². The summed E-state index contributed by atoms with van der Waals surface area (Å²) in [6.45, 7) is 3.84. The molecule has 3 heterocycles. The number of ether oxygens (including phenoxy) is 1. The van der Waals surface area contributed by atoms with Crippen LogP contribution in [0.4, 0.5) is 5.82 Å². The number of piperidine rings is 1. The Kier molecular flexibility index (Phi) is 4.97. The zero-order valence-corrected chi connectivity index (χ0v) is 15.5. The Balaban J connectivity index is 1.46. The highest BCUT2D eigenvalue weighted by molar-refractivity contribution is 7.89. The number of rotatable bonds is 3. The van der Waals surface area contributed by atoms with E-state index in [9.17, 15) is 8.42 Å². The van der Waals surface area contributed by atoms with Gasteiger partial charge in [-0.1, -0.05) is 19.3 Å². The highest BCUT2D eigenvalue weighted by Gasteiger charge is 2.32. The van der Waals surface area contributed by atoms with E-state index in [4.69, 9.17) is 4.74 Å². The van der Waals surface area contributed by atoms with Crippen LogP contribution in [0, 0.1) is 11.8 Å². The molecule has 0 amide bonds. The van der Waals surface area contributed by atoms with Gasteiger partial charge in [0.15, 0.2) is 0 Å². The molecule has 2 atom stereocenters. The second-order valence-electron chi connectivity index (χ2n) is 7.41. The van der Waals surface area contributed by atoms with Gasteiger partial charge in [0.1, 0.15) is 10.7 Å². The van der Waals surface area contributed by atoms with E-state index in [1.54, 1.807) is 6.07 Å². The maximum Gasteiger partial charge on any atom is 0.244 e. The summed E-state index contributed by atoms with van der Waals surface area (Å²) in [6, 6.07) is 3.58. The Morgan fingerprint density at radius 2 is 1.76 bits per heavy atom. The normalized spacial score (nSPS) is 28.6. The molecule has 4 rings (SSSR count). The van der Waals surface area contributed by atoms with Crippen molar-refractivity contribution >= 4 is 15.8 Å². The van der Waals surface area contributed by atoms with E-state index in [1.165, 1.54) is 42.6 Å². The number of morpholine rings is 1. The summed E-state index contributed by atoms with van der Waals surface area (Å²) in [7, 11) is -3.46. The molecule has 7 heteroatoms. The molecule has 0 unspecified atom stereocenters. The van der Waals surface area contributed by atoms with Crippen LogP contribution < -0.4 is 4.90 Å². The van der Waals surface area contributed by atoms with Gasteiger partial charge in [-0.25, -0.2) is 13.4 Å². The number of fused-ring (bicyclic) bond motifs is 1. The predicted octanol–water partition coefficient (Wildman–Crippen LogP) is 2.12. The van der Waals surface area contributed by atoms with Crippen LogP contribution >= 0.6 is 0 Å². The smallest absolute Gasteiger partial charge is 0.244 e. The molecular weight excluding hydrogens is 338 g/mol. The van der Waals surface area contributed by atoms with E-state index >= 15 is 0 Å². The highest BCUT2D eigenvalue weighted by Crippen LogP contribution is 2.37. The average Bonchev–Trinajstić information content (AvgIpc) is 2.68. The third-order valence-electron chi connectivity index (χ3n) is 5.94. The van der Waals surface area contributed by atoms with Crippen molar-refractivity contribution in [3.05, 3.63) is 18.3 Å². The van der Waals surface area contributed by atoms with E-state index in [2.05, 4.69) is 9.88 Å². The minimum atomic E-state index is -3.46. The Bertz CT molecular complexity index is 686. The van der Waals surface area contributed by atoms with E-state index in [-0.39, 0.29) is 4.90 Å². The second-order valence-corrected chi connectivity index (χ2v) is 9.35. The standard InChI is InChI=1S/C18H27N3O3S/c22-25(23,21-9-11-24-12-10-21)17-5-6-18(19-13-17)20-8-7-15-3-1-2-4-16(15)14-20/h5-6,13,15-16H,1-4,7-12,14H2/t15-,16-/m1/s1. The van der Waals surface area contributed by atoms with Gasteiger partial charge in [0, 0.05) is 32.4 Å². The van der Waals surface area contributed by atoms with Gasteiger partial charge in [0.25, 0.3) is 0 Å². The first-order chi connectivity index (χ1) is 12.1. The highest BCUT2D eigenvalue weighted by atomic mass is 32.2. The third-order valence-corrected chi connectivity index (χ3v) is 7.83. The topological polar surface area (TPSA) is 62.7 Å². The molecular formula is C18H27N3O3S. The lowest BCUT2D eigenvalue weighted by molar-refractivity contribution is 0.0730. The molecule has 1 aliphatic carbocycles. The van der Waals surface area contributed by atoms with Gasteiger partial charge in [-0.3, -0.25) is 0 Å². The van der Waals surface area contributed by atoms with Crippen LogP contribution in [0.5, 0.6) is 0 Å². The van der Waals surface area contributed by atoms with E-state index < -0.39 is 10.0 Å². The summed E-state index contributed by atoms with van der Waals surface area (Å²) in [5.41, 5.74) is 0. The van der Waals surface area contributed by atoms with Gasteiger partial charge in [-0.05, 0) is 36.8 Å². The average molecular weight is 365 g/mol. The van der Waals surface area contributed by atoms with Gasteiger partial charge < -0.3 is 9.64 Å². The number of nitrogens with zero attached hydrogens (tertiary/aromatic N) is 3. The lowest BCUT2D eigenvalue weighted by atomic mass is 9.75. The molecule has 0 spiro atoms. The van der Waals surface area contributed by atoms with Crippen LogP contribution in [0.25, 0.3) is 0 Å². The van der Waals surface area contributed by atoms with Gasteiger partial charge in [-0.15, -0.1) is 0 Å². The molecule has 6 nitrogen and oxygen atoms in total. The van der Waals surface area contributed by atoms with Crippen molar-refractivity contribution in [2.75, 3.05) is 44.3 Å². The molecule has 2 saturated heterocycles. The molecule has 1 saturated carbocycles. The fraction of sp³-hybridized carbons (Fsp3) is 0.722. The van der Waals surface area contributed by atoms with E-state index in [1.807, 2.05) is 6.07 Å². The molecule has 2 aliphatic heterocycles. The third kappa shape index (κ3) is 3.55. The van der Waals surface area contributed by atoms with Gasteiger partial charge in [0.05, 0.1) is 13.2 Å².